The van der Waals surface area contributed by atoms with Crippen molar-refractivity contribution >= 4 is 11.5 Å². The summed E-state index contributed by atoms with van der Waals surface area (Å²) in [6.07, 6.45) is 3.81. The molecule has 0 spiro atoms. The Bertz CT molecular complexity index is 925. The molecule has 0 radical (unpaired) electrons. The molecule has 4 N–H and O–H groups in total. The Hall–Kier alpha value is -2.99. The fourth-order valence-corrected chi connectivity index (χ4v) is 2.75. The van der Waals surface area contributed by atoms with Gasteiger partial charge in [-0.05, 0) is 18.2 Å². The van der Waals surface area contributed by atoms with E-state index in [0.29, 0.717) is 18.1 Å². The first-order valence-corrected chi connectivity index (χ1v) is 7.36. The number of aromatic nitrogens is 3. The SMILES string of the molecule is NC1=NC=CC(N)(c2nc3cccc(-c4ccccc4)n3n2)C1. The number of aliphatic imine (C=N–C) groups is 1. The van der Waals surface area contributed by atoms with Crippen molar-refractivity contribution in [1.82, 2.24) is 14.6 Å². The van der Waals surface area contributed by atoms with E-state index in [0.717, 1.165) is 16.9 Å². The third-order valence-corrected chi connectivity index (χ3v) is 3.93. The van der Waals surface area contributed by atoms with Crippen LogP contribution in [0.1, 0.15) is 12.2 Å². The maximum Gasteiger partial charge on any atom is 0.175 e. The minimum Gasteiger partial charge on any atom is -0.387 e. The summed E-state index contributed by atoms with van der Waals surface area (Å²) >= 11 is 0. The average Bonchev–Trinajstić information content (AvgIpc) is 3.00. The van der Waals surface area contributed by atoms with Crippen molar-refractivity contribution in [2.24, 2.45) is 16.5 Å². The first-order valence-electron chi connectivity index (χ1n) is 7.36. The molecule has 1 aliphatic rings. The van der Waals surface area contributed by atoms with Gasteiger partial charge < -0.3 is 11.5 Å². The van der Waals surface area contributed by atoms with Crippen LogP contribution < -0.4 is 11.5 Å². The van der Waals surface area contributed by atoms with Gasteiger partial charge >= 0.3 is 0 Å². The maximum atomic E-state index is 6.44. The second-order valence-electron chi connectivity index (χ2n) is 5.64. The summed E-state index contributed by atoms with van der Waals surface area (Å²) in [5.74, 6) is 1.02. The van der Waals surface area contributed by atoms with Crippen LogP contribution in [0.2, 0.25) is 0 Å². The van der Waals surface area contributed by atoms with Crippen molar-refractivity contribution in [3.8, 4) is 11.3 Å². The Kier molecular flexibility index (Phi) is 2.99. The quantitative estimate of drug-likeness (QED) is 0.755. The highest BCUT2D eigenvalue weighted by atomic mass is 15.3. The zero-order valence-electron chi connectivity index (χ0n) is 12.4. The van der Waals surface area contributed by atoms with Crippen LogP contribution >= 0.6 is 0 Å². The monoisotopic (exact) mass is 304 g/mol. The lowest BCUT2D eigenvalue weighted by Crippen LogP contribution is -2.41. The van der Waals surface area contributed by atoms with Crippen LogP contribution in [0.15, 0.2) is 65.8 Å². The number of amidine groups is 1. The zero-order valence-corrected chi connectivity index (χ0v) is 12.4. The van der Waals surface area contributed by atoms with E-state index in [1.54, 1.807) is 12.3 Å². The minimum absolute atomic E-state index is 0.404. The predicted octanol–water partition coefficient (Wildman–Crippen LogP) is 1.82. The molecule has 114 valence electrons. The maximum absolute atomic E-state index is 6.44. The molecule has 2 aromatic heterocycles. The molecule has 0 bridgehead atoms. The van der Waals surface area contributed by atoms with Crippen LogP contribution in [0, 0.1) is 0 Å². The number of pyridine rings is 1. The largest absolute Gasteiger partial charge is 0.387 e. The highest BCUT2D eigenvalue weighted by molar-refractivity contribution is 5.83. The molecule has 0 saturated carbocycles. The molecule has 1 atom stereocenters. The first kappa shape index (κ1) is 13.7. The molecule has 6 nitrogen and oxygen atoms in total. The molecular weight excluding hydrogens is 288 g/mol. The van der Waals surface area contributed by atoms with Crippen molar-refractivity contribution in [3.05, 3.63) is 66.6 Å². The number of hydrogen-bond donors (Lipinski definition) is 2. The summed E-state index contributed by atoms with van der Waals surface area (Å²) < 4.78 is 1.81. The van der Waals surface area contributed by atoms with E-state index in [2.05, 4.69) is 15.1 Å². The number of nitrogens with two attached hydrogens (primary N) is 2. The van der Waals surface area contributed by atoms with Crippen LogP contribution in [-0.2, 0) is 5.54 Å². The second kappa shape index (κ2) is 5.03. The lowest BCUT2D eigenvalue weighted by molar-refractivity contribution is 0.536. The molecule has 3 heterocycles. The Morgan fingerprint density at radius 2 is 1.87 bits per heavy atom. The van der Waals surface area contributed by atoms with E-state index in [4.69, 9.17) is 11.5 Å². The molecule has 3 aromatic rings. The zero-order chi connectivity index (χ0) is 15.9. The normalized spacial score (nSPS) is 20.7. The molecule has 1 aromatic carbocycles. The van der Waals surface area contributed by atoms with Gasteiger partial charge in [0.1, 0.15) is 11.4 Å². The van der Waals surface area contributed by atoms with Gasteiger partial charge in [-0.15, -0.1) is 5.10 Å². The average molecular weight is 304 g/mol. The summed E-state index contributed by atoms with van der Waals surface area (Å²) in [7, 11) is 0. The van der Waals surface area contributed by atoms with E-state index >= 15 is 0 Å². The molecule has 1 aliphatic heterocycles. The number of fused-ring (bicyclic) bond motifs is 1. The smallest absolute Gasteiger partial charge is 0.175 e. The molecule has 0 aliphatic carbocycles. The van der Waals surface area contributed by atoms with Crippen molar-refractivity contribution in [2.75, 3.05) is 0 Å². The lowest BCUT2D eigenvalue weighted by Gasteiger charge is -2.23. The minimum atomic E-state index is -0.828. The number of rotatable bonds is 2. The van der Waals surface area contributed by atoms with Crippen molar-refractivity contribution in [3.63, 3.8) is 0 Å². The fraction of sp³-hybridized carbons (Fsp3) is 0.118. The summed E-state index contributed by atoms with van der Waals surface area (Å²) in [5.41, 5.74) is 14.2. The Balaban J connectivity index is 1.86. The van der Waals surface area contributed by atoms with Crippen molar-refractivity contribution < 1.29 is 0 Å². The van der Waals surface area contributed by atoms with Gasteiger partial charge in [0.15, 0.2) is 11.5 Å². The van der Waals surface area contributed by atoms with Gasteiger partial charge in [0.05, 0.1) is 5.69 Å². The van der Waals surface area contributed by atoms with Gasteiger partial charge in [0.25, 0.3) is 0 Å². The van der Waals surface area contributed by atoms with Crippen LogP contribution in [0.5, 0.6) is 0 Å². The molecule has 0 amide bonds. The lowest BCUT2D eigenvalue weighted by atomic mass is 9.93. The van der Waals surface area contributed by atoms with Crippen molar-refractivity contribution in [1.29, 1.82) is 0 Å². The molecule has 4 rings (SSSR count). The molecule has 1 unspecified atom stereocenters. The summed E-state index contributed by atoms with van der Waals surface area (Å²) in [4.78, 5) is 8.64. The third kappa shape index (κ3) is 2.29. The van der Waals surface area contributed by atoms with Gasteiger partial charge in [-0.1, -0.05) is 36.4 Å². The van der Waals surface area contributed by atoms with Gasteiger partial charge in [-0.3, -0.25) is 0 Å². The van der Waals surface area contributed by atoms with Gasteiger partial charge in [-0.25, -0.2) is 14.5 Å². The number of nitrogens with zero attached hydrogens (tertiary/aromatic N) is 4. The van der Waals surface area contributed by atoms with Gasteiger partial charge in [0, 0.05) is 18.2 Å². The molecule has 6 heteroatoms. The summed E-state index contributed by atoms with van der Waals surface area (Å²) in [5, 5.41) is 4.64. The van der Waals surface area contributed by atoms with E-state index < -0.39 is 5.54 Å². The van der Waals surface area contributed by atoms with E-state index in [1.807, 2.05) is 53.0 Å². The Morgan fingerprint density at radius 3 is 2.65 bits per heavy atom. The van der Waals surface area contributed by atoms with Gasteiger partial charge in [0.2, 0.25) is 0 Å². The van der Waals surface area contributed by atoms with E-state index in [1.165, 1.54) is 0 Å². The second-order valence-corrected chi connectivity index (χ2v) is 5.64. The molecule has 0 fully saturated rings. The van der Waals surface area contributed by atoms with Crippen LogP contribution in [-0.4, -0.2) is 20.4 Å². The van der Waals surface area contributed by atoms with E-state index in [9.17, 15) is 0 Å². The summed E-state index contributed by atoms with van der Waals surface area (Å²) in [6.45, 7) is 0. The Labute approximate surface area is 133 Å². The number of hydrogen-bond acceptors (Lipinski definition) is 5. The first-order chi connectivity index (χ1) is 11.2. The fourth-order valence-electron chi connectivity index (χ4n) is 2.75. The number of benzene rings is 1. The van der Waals surface area contributed by atoms with Gasteiger partial charge in [-0.2, -0.15) is 0 Å². The highest BCUT2D eigenvalue weighted by Gasteiger charge is 2.32. The Morgan fingerprint density at radius 1 is 1.04 bits per heavy atom. The van der Waals surface area contributed by atoms with Crippen LogP contribution in [0.4, 0.5) is 0 Å². The molecule has 0 saturated heterocycles. The highest BCUT2D eigenvalue weighted by Crippen LogP contribution is 2.26. The van der Waals surface area contributed by atoms with Crippen LogP contribution in [0.3, 0.4) is 0 Å². The van der Waals surface area contributed by atoms with Crippen LogP contribution in [0.25, 0.3) is 16.9 Å². The topological polar surface area (TPSA) is 94.6 Å². The summed E-state index contributed by atoms with van der Waals surface area (Å²) in [6, 6.07) is 16.0. The van der Waals surface area contributed by atoms with E-state index in [-0.39, 0.29) is 0 Å². The molecular formula is C17H16N6. The standard InChI is InChI=1S/C17H16N6/c18-14-11-17(19,9-10-20-14)16-21-15-8-4-7-13(23(15)22-16)12-5-2-1-3-6-12/h1-10H,11,19H2,(H2,18,20). The third-order valence-electron chi connectivity index (χ3n) is 3.93. The van der Waals surface area contributed by atoms with Crippen molar-refractivity contribution in [2.45, 2.75) is 12.0 Å². The predicted molar refractivity (Wildman–Crippen MR) is 89.7 cm³/mol. The molecule has 23 heavy (non-hydrogen) atoms.